The van der Waals surface area contributed by atoms with Crippen molar-refractivity contribution in [1.29, 1.82) is 0 Å². The van der Waals surface area contributed by atoms with Gasteiger partial charge in [-0.2, -0.15) is 0 Å². The van der Waals surface area contributed by atoms with Crippen LogP contribution in [-0.2, 0) is 11.2 Å². The van der Waals surface area contributed by atoms with Crippen LogP contribution in [0.2, 0.25) is 0 Å². The Morgan fingerprint density at radius 2 is 1.76 bits per heavy atom. The number of benzene rings is 2. The van der Waals surface area contributed by atoms with Gasteiger partial charge in [-0.1, -0.05) is 36.4 Å². The van der Waals surface area contributed by atoms with E-state index in [1.165, 1.54) is 17.7 Å². The number of hydrogen-bond acceptors (Lipinski definition) is 3. The molecule has 0 bridgehead atoms. The van der Waals surface area contributed by atoms with Gasteiger partial charge in [-0.05, 0) is 68.9 Å². The van der Waals surface area contributed by atoms with Gasteiger partial charge in [-0.15, -0.1) is 0 Å². The summed E-state index contributed by atoms with van der Waals surface area (Å²) in [6, 6.07) is 14.1. The minimum atomic E-state index is -0.539. The number of ether oxygens (including phenoxy) is 1. The molecule has 2 aromatic carbocycles. The lowest BCUT2D eigenvalue weighted by molar-refractivity contribution is 0.0107. The highest BCUT2D eigenvalue weighted by Crippen LogP contribution is 2.36. The molecule has 1 N–H and O–H groups in total. The molecule has 6 nitrogen and oxygen atoms in total. The van der Waals surface area contributed by atoms with Crippen LogP contribution in [0, 0.1) is 5.82 Å². The number of carbonyl (C=O) groups is 2. The molecule has 1 saturated carbocycles. The number of rotatable bonds is 3. The molecule has 0 unspecified atom stereocenters. The van der Waals surface area contributed by atoms with Crippen molar-refractivity contribution in [2.24, 2.45) is 0 Å². The topological polar surface area (TPSA) is 61.9 Å². The molecule has 1 aliphatic heterocycles. The molecule has 2 aromatic rings. The molecule has 1 heterocycles. The number of nitrogens with zero attached hydrogens (tertiary/aromatic N) is 2. The van der Waals surface area contributed by atoms with Gasteiger partial charge in [0, 0.05) is 25.7 Å². The average molecular weight is 454 g/mol. The number of carbonyl (C=O) groups excluding carboxylic acids is 2. The summed E-state index contributed by atoms with van der Waals surface area (Å²) < 4.78 is 19.0. The summed E-state index contributed by atoms with van der Waals surface area (Å²) in [6.45, 7) is 6.11. The Hall–Kier alpha value is -3.09. The zero-order valence-electron chi connectivity index (χ0n) is 19.7. The summed E-state index contributed by atoms with van der Waals surface area (Å²) in [5, 5.41) is 3.13. The van der Waals surface area contributed by atoms with Crippen molar-refractivity contribution in [2.45, 2.75) is 63.8 Å². The Kier molecular flexibility index (Phi) is 6.32. The molecule has 7 heteroatoms. The zero-order valence-corrected chi connectivity index (χ0v) is 19.7. The first-order valence-electron chi connectivity index (χ1n) is 11.5. The quantitative estimate of drug-likeness (QED) is 0.721. The van der Waals surface area contributed by atoms with Gasteiger partial charge in [-0.3, -0.25) is 0 Å². The highest BCUT2D eigenvalue weighted by atomic mass is 19.1. The van der Waals surface area contributed by atoms with Crippen molar-refractivity contribution in [2.75, 3.05) is 13.6 Å². The number of halogens is 1. The van der Waals surface area contributed by atoms with Gasteiger partial charge in [0.15, 0.2) is 0 Å². The SMILES string of the molecule is CN(C(=O)OC(C)(C)C)C1CC(NC(=O)N2CCc3ccccc3[C@@H]2c2ccc(F)cc2)C1. The summed E-state index contributed by atoms with van der Waals surface area (Å²) in [4.78, 5) is 29.0. The second kappa shape index (κ2) is 9.04. The van der Waals surface area contributed by atoms with Gasteiger partial charge >= 0.3 is 12.1 Å². The molecular formula is C26H32FN3O3. The van der Waals surface area contributed by atoms with Crippen molar-refractivity contribution in [1.82, 2.24) is 15.1 Å². The van der Waals surface area contributed by atoms with E-state index in [4.69, 9.17) is 4.74 Å². The van der Waals surface area contributed by atoms with Crippen LogP contribution >= 0.6 is 0 Å². The molecule has 176 valence electrons. The first kappa shape index (κ1) is 23.1. The molecule has 2 aliphatic rings. The summed E-state index contributed by atoms with van der Waals surface area (Å²) >= 11 is 0. The van der Waals surface area contributed by atoms with E-state index in [2.05, 4.69) is 11.4 Å². The van der Waals surface area contributed by atoms with E-state index in [1.807, 2.05) is 43.9 Å². The van der Waals surface area contributed by atoms with Crippen molar-refractivity contribution in [3.05, 3.63) is 71.0 Å². The number of nitrogens with one attached hydrogen (secondary N) is 1. The standard InChI is InChI=1S/C26H32FN3O3/c1-26(2,3)33-25(32)29(4)21-15-20(16-21)28-24(31)30-14-13-17-7-5-6-8-22(17)23(30)18-9-11-19(27)12-10-18/h5-12,20-21,23H,13-16H2,1-4H3,(H,28,31)/t20?,21?,23-/m0/s1. The Balaban J connectivity index is 1.43. The fourth-order valence-electron chi connectivity index (χ4n) is 4.55. The molecule has 3 amide bonds. The minimum Gasteiger partial charge on any atom is -0.444 e. The number of fused-ring (bicyclic) bond motifs is 1. The molecule has 1 fully saturated rings. The molecule has 0 aromatic heterocycles. The minimum absolute atomic E-state index is 0.00146. The molecule has 4 rings (SSSR count). The summed E-state index contributed by atoms with van der Waals surface area (Å²) in [5.41, 5.74) is 2.62. The second-order valence-corrected chi connectivity index (χ2v) is 9.96. The van der Waals surface area contributed by atoms with E-state index >= 15 is 0 Å². The highest BCUT2D eigenvalue weighted by Gasteiger charge is 2.39. The molecule has 1 atom stereocenters. The van der Waals surface area contributed by atoms with Gasteiger partial charge in [0.05, 0.1) is 6.04 Å². The van der Waals surface area contributed by atoms with Crippen LogP contribution in [-0.4, -0.2) is 53.2 Å². The highest BCUT2D eigenvalue weighted by molar-refractivity contribution is 5.76. The molecule has 0 saturated heterocycles. The van der Waals surface area contributed by atoms with Gasteiger partial charge in [0.2, 0.25) is 0 Å². The Labute approximate surface area is 194 Å². The van der Waals surface area contributed by atoms with E-state index in [9.17, 15) is 14.0 Å². The van der Waals surface area contributed by atoms with Crippen LogP contribution in [0.15, 0.2) is 48.5 Å². The predicted octanol–water partition coefficient (Wildman–Crippen LogP) is 4.88. The van der Waals surface area contributed by atoms with Crippen molar-refractivity contribution in [3.8, 4) is 0 Å². The van der Waals surface area contributed by atoms with Crippen molar-refractivity contribution >= 4 is 12.1 Å². The Morgan fingerprint density at radius 1 is 1.09 bits per heavy atom. The summed E-state index contributed by atoms with van der Waals surface area (Å²) in [5.74, 6) is -0.298. The van der Waals surface area contributed by atoms with Crippen LogP contribution in [0.3, 0.4) is 0 Å². The molecule has 33 heavy (non-hydrogen) atoms. The van der Waals surface area contributed by atoms with E-state index < -0.39 is 5.60 Å². The zero-order chi connectivity index (χ0) is 23.8. The van der Waals surface area contributed by atoms with Gasteiger partial charge in [0.1, 0.15) is 11.4 Å². The lowest BCUT2D eigenvalue weighted by Crippen LogP contribution is -2.57. The van der Waals surface area contributed by atoms with E-state index in [0.717, 1.165) is 17.5 Å². The fourth-order valence-corrected chi connectivity index (χ4v) is 4.55. The third-order valence-corrected chi connectivity index (χ3v) is 6.40. The first-order chi connectivity index (χ1) is 15.6. The van der Waals surface area contributed by atoms with Crippen LogP contribution in [0.4, 0.5) is 14.0 Å². The lowest BCUT2D eigenvalue weighted by atomic mass is 9.85. The van der Waals surface area contributed by atoms with E-state index in [0.29, 0.717) is 19.4 Å². The maximum Gasteiger partial charge on any atom is 0.410 e. The molecule has 0 spiro atoms. The Morgan fingerprint density at radius 3 is 2.42 bits per heavy atom. The summed E-state index contributed by atoms with van der Waals surface area (Å²) in [7, 11) is 1.74. The summed E-state index contributed by atoms with van der Waals surface area (Å²) in [6.07, 6.45) is 1.80. The predicted molar refractivity (Wildman–Crippen MR) is 124 cm³/mol. The first-order valence-corrected chi connectivity index (χ1v) is 11.5. The molecule has 0 radical (unpaired) electrons. The normalized spacial score (nSPS) is 22.1. The van der Waals surface area contributed by atoms with Crippen LogP contribution in [0.1, 0.15) is 56.3 Å². The van der Waals surface area contributed by atoms with Crippen LogP contribution < -0.4 is 5.32 Å². The maximum atomic E-state index is 13.6. The largest absolute Gasteiger partial charge is 0.444 e. The molecule has 1 aliphatic carbocycles. The van der Waals surface area contributed by atoms with Gasteiger partial charge < -0.3 is 19.9 Å². The third-order valence-electron chi connectivity index (χ3n) is 6.40. The van der Waals surface area contributed by atoms with E-state index in [1.54, 1.807) is 24.1 Å². The smallest absolute Gasteiger partial charge is 0.410 e. The Bertz CT molecular complexity index is 1010. The van der Waals surface area contributed by atoms with Gasteiger partial charge in [-0.25, -0.2) is 14.0 Å². The monoisotopic (exact) mass is 453 g/mol. The lowest BCUT2D eigenvalue weighted by Gasteiger charge is -2.43. The van der Waals surface area contributed by atoms with Crippen LogP contribution in [0.5, 0.6) is 0 Å². The third kappa shape index (κ3) is 5.13. The van der Waals surface area contributed by atoms with Crippen molar-refractivity contribution in [3.63, 3.8) is 0 Å². The van der Waals surface area contributed by atoms with Crippen molar-refractivity contribution < 1.29 is 18.7 Å². The number of amides is 3. The molecular weight excluding hydrogens is 421 g/mol. The number of urea groups is 1. The average Bonchev–Trinajstić information content (AvgIpc) is 2.74. The van der Waals surface area contributed by atoms with E-state index in [-0.39, 0.29) is 36.1 Å². The maximum absolute atomic E-state index is 13.6. The fraction of sp³-hybridized carbons (Fsp3) is 0.462. The van der Waals surface area contributed by atoms with Gasteiger partial charge in [0.25, 0.3) is 0 Å². The number of hydrogen-bond donors (Lipinski definition) is 1. The van der Waals surface area contributed by atoms with Crippen LogP contribution in [0.25, 0.3) is 0 Å². The second-order valence-electron chi connectivity index (χ2n) is 9.96.